The van der Waals surface area contributed by atoms with Gasteiger partial charge in [0.2, 0.25) is 0 Å². The first kappa shape index (κ1) is 33.1. The van der Waals surface area contributed by atoms with Crippen molar-refractivity contribution in [3.63, 3.8) is 0 Å². The fraction of sp³-hybridized carbons (Fsp3) is 0.333. The molecule has 2 nitrogen and oxygen atoms in total. The maximum Gasteiger partial charge on any atom is 0.131 e. The predicted octanol–water partition coefficient (Wildman–Crippen LogP) is 14.3. The van der Waals surface area contributed by atoms with Crippen molar-refractivity contribution in [2.24, 2.45) is 29.1 Å². The van der Waals surface area contributed by atoms with Crippen molar-refractivity contribution in [2.45, 2.75) is 82.5 Å². The van der Waals surface area contributed by atoms with E-state index in [9.17, 15) is 0 Å². The summed E-state index contributed by atoms with van der Waals surface area (Å²) in [6, 6.07) is 52.6. The Morgan fingerprint density at radius 3 is 1.71 bits per heavy atom. The molecule has 0 saturated heterocycles. The van der Waals surface area contributed by atoms with Crippen LogP contribution in [0.25, 0.3) is 22.3 Å². The minimum absolute atomic E-state index is 0.0277. The van der Waals surface area contributed by atoms with Crippen molar-refractivity contribution in [1.29, 1.82) is 0 Å². The van der Waals surface area contributed by atoms with Gasteiger partial charge in [0.15, 0.2) is 0 Å². The Morgan fingerprint density at radius 1 is 0.482 bits per heavy atom. The molecule has 56 heavy (non-hydrogen) atoms. The monoisotopic (exact) mass is 729 g/mol. The van der Waals surface area contributed by atoms with Crippen LogP contribution in [0.3, 0.4) is 0 Å². The summed E-state index contributed by atoms with van der Waals surface area (Å²) < 4.78 is 7.01. The van der Waals surface area contributed by atoms with Crippen molar-refractivity contribution in [3.05, 3.63) is 162 Å². The molecule has 4 fully saturated rings. The molecule has 4 saturated carbocycles. The summed E-state index contributed by atoms with van der Waals surface area (Å²) in [6.07, 6.45) is 8.01. The molecule has 6 unspecified atom stereocenters. The van der Waals surface area contributed by atoms with E-state index < -0.39 is 0 Å². The van der Waals surface area contributed by atoms with E-state index >= 15 is 0 Å². The summed E-state index contributed by atoms with van der Waals surface area (Å²) in [4.78, 5) is 2.54. The fourth-order valence-electron chi connectivity index (χ4n) is 13.7. The largest absolute Gasteiger partial charge is 0.457 e. The maximum absolute atomic E-state index is 7.01. The van der Waals surface area contributed by atoms with Gasteiger partial charge >= 0.3 is 0 Å². The van der Waals surface area contributed by atoms with Crippen molar-refractivity contribution in [1.82, 2.24) is 0 Å². The van der Waals surface area contributed by atoms with Crippen LogP contribution in [0, 0.1) is 29.1 Å². The van der Waals surface area contributed by atoms with Gasteiger partial charge in [-0.1, -0.05) is 113 Å². The number of ether oxygens (including phenoxy) is 1. The lowest BCUT2D eigenvalue weighted by molar-refractivity contribution is -0.235. The van der Waals surface area contributed by atoms with E-state index in [1.54, 1.807) is 0 Å². The van der Waals surface area contributed by atoms with Gasteiger partial charge in [0.05, 0.1) is 0 Å². The first-order valence-corrected chi connectivity index (χ1v) is 21.3. The van der Waals surface area contributed by atoms with Crippen molar-refractivity contribution in [2.75, 3.05) is 4.90 Å². The van der Waals surface area contributed by atoms with Gasteiger partial charge in [-0.05, 0) is 166 Å². The molecule has 0 radical (unpaired) electrons. The summed E-state index contributed by atoms with van der Waals surface area (Å²) in [6.45, 7) is 9.74. The third-order valence-corrected chi connectivity index (χ3v) is 16.3. The van der Waals surface area contributed by atoms with Gasteiger partial charge < -0.3 is 9.64 Å². The van der Waals surface area contributed by atoms with E-state index in [1.165, 1.54) is 100 Å². The van der Waals surface area contributed by atoms with Crippen LogP contribution in [-0.2, 0) is 16.2 Å². The van der Waals surface area contributed by atoms with Crippen molar-refractivity contribution < 1.29 is 4.74 Å². The van der Waals surface area contributed by atoms with Gasteiger partial charge in [-0.25, -0.2) is 0 Å². The lowest BCUT2D eigenvalue weighted by Gasteiger charge is -2.77. The van der Waals surface area contributed by atoms with Crippen LogP contribution in [0.2, 0.25) is 0 Å². The lowest BCUT2D eigenvalue weighted by atomic mass is 9.26. The summed E-state index contributed by atoms with van der Waals surface area (Å²) in [7, 11) is 0. The Kier molecular flexibility index (Phi) is 6.67. The van der Waals surface area contributed by atoms with Gasteiger partial charge in [0, 0.05) is 33.6 Å². The molecule has 278 valence electrons. The van der Waals surface area contributed by atoms with Gasteiger partial charge in [-0.2, -0.15) is 0 Å². The summed E-state index contributed by atoms with van der Waals surface area (Å²) in [5.41, 5.74) is 15.3. The summed E-state index contributed by atoms with van der Waals surface area (Å²) in [5.74, 6) is 5.27. The smallest absolute Gasteiger partial charge is 0.131 e. The Balaban J connectivity index is 1.05. The topological polar surface area (TPSA) is 12.5 Å². The Morgan fingerprint density at radius 2 is 1.02 bits per heavy atom. The Hall–Kier alpha value is -5.08. The SMILES string of the molecule is CC1(C)CCC(C)(C)c2cc(N(c3ccc(-c4ccccc4)cc3)c3ccc4c(c3)C3(c5cc(-c6ccccc6)ccc5O4)C4CC5CC6CC3C64C5)ccc21. The fourth-order valence-corrected chi connectivity index (χ4v) is 13.7. The first-order valence-electron chi connectivity index (χ1n) is 21.3. The molecule has 0 N–H and O–H groups in total. The second-order valence-electron chi connectivity index (χ2n) is 19.7. The highest BCUT2D eigenvalue weighted by Crippen LogP contribution is 2.89. The maximum atomic E-state index is 7.01. The van der Waals surface area contributed by atoms with E-state index in [0.29, 0.717) is 17.3 Å². The first-order chi connectivity index (χ1) is 27.2. The molecule has 6 atom stereocenters. The van der Waals surface area contributed by atoms with Gasteiger partial charge in [0.1, 0.15) is 11.5 Å². The highest BCUT2D eigenvalue weighted by atomic mass is 16.5. The van der Waals surface area contributed by atoms with E-state index in [1.807, 2.05) is 0 Å². The van der Waals surface area contributed by atoms with Crippen LogP contribution < -0.4 is 9.64 Å². The minimum Gasteiger partial charge on any atom is -0.457 e. The van der Waals surface area contributed by atoms with Crippen LogP contribution in [-0.4, -0.2) is 0 Å². The minimum atomic E-state index is -0.0277. The zero-order chi connectivity index (χ0) is 37.6. The molecule has 1 heterocycles. The lowest BCUT2D eigenvalue weighted by Crippen LogP contribution is -2.74. The van der Waals surface area contributed by atoms with Gasteiger partial charge in [-0.15, -0.1) is 0 Å². The zero-order valence-electron chi connectivity index (χ0n) is 33.2. The molecule has 12 rings (SSSR count). The molecule has 2 spiro atoms. The van der Waals surface area contributed by atoms with Crippen molar-refractivity contribution in [3.8, 4) is 33.8 Å². The Bertz CT molecular complexity index is 2550. The van der Waals surface area contributed by atoms with Crippen LogP contribution in [0.5, 0.6) is 11.5 Å². The second kappa shape index (κ2) is 11.3. The second-order valence-corrected chi connectivity index (χ2v) is 19.7. The molecule has 6 aliphatic rings. The van der Waals surface area contributed by atoms with Crippen LogP contribution in [0.15, 0.2) is 140 Å². The number of rotatable bonds is 5. The molecule has 6 aromatic rings. The van der Waals surface area contributed by atoms with E-state index in [4.69, 9.17) is 4.74 Å². The zero-order valence-corrected chi connectivity index (χ0v) is 33.2. The molecule has 2 heteroatoms. The van der Waals surface area contributed by atoms with Crippen molar-refractivity contribution >= 4 is 17.1 Å². The highest BCUT2D eigenvalue weighted by molar-refractivity contribution is 5.81. The molecular weight excluding hydrogens is 679 g/mol. The predicted molar refractivity (Wildman–Crippen MR) is 229 cm³/mol. The number of anilines is 3. The number of hydrogen-bond acceptors (Lipinski definition) is 2. The van der Waals surface area contributed by atoms with Crippen LogP contribution in [0.1, 0.15) is 88.5 Å². The average Bonchev–Trinajstić information content (AvgIpc) is 3.76. The number of hydrogen-bond donors (Lipinski definition) is 0. The van der Waals surface area contributed by atoms with Crippen LogP contribution in [0.4, 0.5) is 17.1 Å². The highest BCUT2D eigenvalue weighted by Gasteiger charge is 2.84. The number of benzene rings is 6. The van der Waals surface area contributed by atoms with E-state index in [-0.39, 0.29) is 16.2 Å². The van der Waals surface area contributed by atoms with E-state index in [2.05, 4.69) is 172 Å². The summed E-state index contributed by atoms with van der Waals surface area (Å²) >= 11 is 0. The normalized spacial score (nSPS) is 28.9. The molecule has 0 amide bonds. The molecule has 1 aliphatic heterocycles. The summed E-state index contributed by atoms with van der Waals surface area (Å²) in [5, 5.41) is 0. The standard InChI is InChI=1S/C54H51NO/c1-51(2)25-26-52(3,4)44-31-41(20-22-43(44)51)55(40-18-15-37(16-19-40)35-11-7-5-8-12-35)42-21-24-48-46(32-42)54(49-28-34-27-39-30-50(54)53(39,49)33-34)45-29-38(17-23-47(45)56-48)36-13-9-6-10-14-36/h5-24,29,31-32,34,39,49-50H,25-28,30,33H2,1-4H3. The Labute approximate surface area is 332 Å². The molecule has 2 bridgehead atoms. The molecule has 5 aliphatic carbocycles. The quantitative estimate of drug-likeness (QED) is 0.175. The van der Waals surface area contributed by atoms with E-state index in [0.717, 1.165) is 23.3 Å². The van der Waals surface area contributed by atoms with Crippen LogP contribution >= 0.6 is 0 Å². The number of nitrogens with zero attached hydrogens (tertiary/aromatic N) is 1. The number of fused-ring (bicyclic) bond motifs is 8. The van der Waals surface area contributed by atoms with Gasteiger partial charge in [-0.3, -0.25) is 0 Å². The molecule has 6 aromatic carbocycles. The third kappa shape index (κ3) is 4.28. The average molecular weight is 730 g/mol. The third-order valence-electron chi connectivity index (χ3n) is 16.3. The molecular formula is C54H51NO. The van der Waals surface area contributed by atoms with Gasteiger partial charge in [0.25, 0.3) is 0 Å². The molecule has 0 aromatic heterocycles.